The van der Waals surface area contributed by atoms with Crippen molar-refractivity contribution < 1.29 is 13.2 Å². The average molecular weight is 228 g/mol. The van der Waals surface area contributed by atoms with Gasteiger partial charge in [-0.3, -0.25) is 9.52 Å². The maximum absolute atomic E-state index is 11.1. The number of anilines is 1. The van der Waals surface area contributed by atoms with E-state index in [1.807, 2.05) is 0 Å². The van der Waals surface area contributed by atoms with Crippen LogP contribution in [-0.2, 0) is 10.2 Å². The Balaban J connectivity index is 2.86. The zero-order chi connectivity index (χ0) is 11.5. The predicted octanol–water partition coefficient (Wildman–Crippen LogP) is 0.765. The van der Waals surface area contributed by atoms with E-state index in [0.717, 1.165) is 0 Å². The van der Waals surface area contributed by atoms with Gasteiger partial charge in [-0.05, 0) is 31.2 Å². The van der Waals surface area contributed by atoms with Gasteiger partial charge in [-0.15, -0.1) is 0 Å². The summed E-state index contributed by atoms with van der Waals surface area (Å²) >= 11 is 0. The van der Waals surface area contributed by atoms with E-state index in [4.69, 9.17) is 0 Å². The van der Waals surface area contributed by atoms with Gasteiger partial charge < -0.3 is 0 Å². The molecular weight excluding hydrogens is 216 g/mol. The van der Waals surface area contributed by atoms with Crippen molar-refractivity contribution in [3.05, 3.63) is 29.8 Å². The Bertz CT molecular complexity index is 451. The number of nitrogens with one attached hydrogen (secondary N) is 2. The van der Waals surface area contributed by atoms with E-state index in [-0.39, 0.29) is 5.78 Å². The molecule has 0 aliphatic heterocycles. The maximum Gasteiger partial charge on any atom is 0.298 e. The summed E-state index contributed by atoms with van der Waals surface area (Å²) in [6, 6.07) is 6.20. The quantitative estimate of drug-likeness (QED) is 0.747. The smallest absolute Gasteiger partial charge is 0.295 e. The van der Waals surface area contributed by atoms with Crippen LogP contribution < -0.4 is 9.44 Å². The number of hydrogen-bond donors (Lipinski definition) is 2. The number of benzene rings is 1. The second-order valence-electron chi connectivity index (χ2n) is 2.94. The lowest BCUT2D eigenvalue weighted by Crippen LogP contribution is -2.26. The molecule has 0 amide bonds. The molecule has 2 N–H and O–H groups in total. The molecule has 0 unspecified atom stereocenters. The van der Waals surface area contributed by atoms with Crippen LogP contribution in [0.25, 0.3) is 0 Å². The molecule has 0 heterocycles. The molecule has 0 spiro atoms. The van der Waals surface area contributed by atoms with Crippen molar-refractivity contribution in [3.8, 4) is 0 Å². The molecule has 1 aromatic rings. The van der Waals surface area contributed by atoms with Crippen molar-refractivity contribution in [2.45, 2.75) is 6.92 Å². The zero-order valence-corrected chi connectivity index (χ0v) is 9.26. The van der Waals surface area contributed by atoms with Gasteiger partial charge in [0.15, 0.2) is 5.78 Å². The van der Waals surface area contributed by atoms with Crippen LogP contribution in [0.1, 0.15) is 17.3 Å². The van der Waals surface area contributed by atoms with Crippen LogP contribution in [0.5, 0.6) is 0 Å². The van der Waals surface area contributed by atoms with Crippen molar-refractivity contribution in [1.82, 2.24) is 4.72 Å². The normalized spacial score (nSPS) is 11.1. The molecule has 6 heteroatoms. The summed E-state index contributed by atoms with van der Waals surface area (Å²) in [5.41, 5.74) is 0.955. The fourth-order valence-electron chi connectivity index (χ4n) is 0.979. The van der Waals surface area contributed by atoms with Crippen LogP contribution in [0.2, 0.25) is 0 Å². The molecule has 0 saturated heterocycles. The second kappa shape index (κ2) is 4.41. The van der Waals surface area contributed by atoms with Gasteiger partial charge in [0.25, 0.3) is 10.2 Å². The van der Waals surface area contributed by atoms with Crippen molar-refractivity contribution in [2.24, 2.45) is 0 Å². The topological polar surface area (TPSA) is 75.3 Å². The van der Waals surface area contributed by atoms with Crippen LogP contribution >= 0.6 is 0 Å². The van der Waals surface area contributed by atoms with E-state index < -0.39 is 10.2 Å². The molecule has 1 rings (SSSR count). The highest BCUT2D eigenvalue weighted by Crippen LogP contribution is 2.10. The van der Waals surface area contributed by atoms with E-state index in [1.54, 1.807) is 12.1 Å². The Kier molecular flexibility index (Phi) is 3.43. The first-order valence-electron chi connectivity index (χ1n) is 4.27. The molecule has 0 aromatic heterocycles. The molecule has 5 nitrogen and oxygen atoms in total. The Morgan fingerprint density at radius 2 is 1.73 bits per heavy atom. The van der Waals surface area contributed by atoms with Crippen LogP contribution in [0.4, 0.5) is 5.69 Å². The minimum Gasteiger partial charge on any atom is -0.295 e. The summed E-state index contributed by atoms with van der Waals surface area (Å²) in [6.07, 6.45) is 0. The molecule has 0 radical (unpaired) electrons. The predicted molar refractivity (Wildman–Crippen MR) is 58.0 cm³/mol. The third-order valence-electron chi connectivity index (χ3n) is 1.81. The lowest BCUT2D eigenvalue weighted by atomic mass is 10.1. The van der Waals surface area contributed by atoms with Gasteiger partial charge in [0, 0.05) is 18.3 Å². The first-order valence-corrected chi connectivity index (χ1v) is 5.75. The Morgan fingerprint density at radius 1 is 1.20 bits per heavy atom. The van der Waals surface area contributed by atoms with Gasteiger partial charge in [0.05, 0.1) is 0 Å². The van der Waals surface area contributed by atoms with E-state index >= 15 is 0 Å². The molecule has 1 aromatic carbocycles. The van der Waals surface area contributed by atoms with E-state index in [0.29, 0.717) is 11.3 Å². The molecule has 0 atom stereocenters. The molecular formula is C9H12N2O3S. The third-order valence-corrected chi connectivity index (χ3v) is 2.85. The van der Waals surface area contributed by atoms with Gasteiger partial charge >= 0.3 is 0 Å². The van der Waals surface area contributed by atoms with Crippen molar-refractivity contribution in [1.29, 1.82) is 0 Å². The van der Waals surface area contributed by atoms with Crippen LogP contribution in [0.15, 0.2) is 24.3 Å². The van der Waals surface area contributed by atoms with E-state index in [9.17, 15) is 13.2 Å². The summed E-state index contributed by atoms with van der Waals surface area (Å²) in [7, 11) is -2.18. The number of carbonyl (C=O) groups is 1. The molecule has 0 fully saturated rings. The van der Waals surface area contributed by atoms with E-state index in [1.165, 1.54) is 26.1 Å². The van der Waals surface area contributed by atoms with Gasteiger partial charge in [-0.1, -0.05) is 0 Å². The molecule has 0 aliphatic carbocycles. The standard InChI is InChI=1S/C9H12N2O3S/c1-7(12)8-3-5-9(6-4-8)11-15(13,14)10-2/h3-6,10-11H,1-2H3. The molecule has 0 aliphatic rings. The average Bonchev–Trinajstić information content (AvgIpc) is 2.18. The number of ketones is 1. The highest BCUT2D eigenvalue weighted by Gasteiger charge is 2.06. The van der Waals surface area contributed by atoms with Gasteiger partial charge in [-0.25, -0.2) is 4.72 Å². The van der Waals surface area contributed by atoms with Gasteiger partial charge in [0.2, 0.25) is 0 Å². The number of rotatable bonds is 4. The summed E-state index contributed by atoms with van der Waals surface area (Å²) in [4.78, 5) is 10.9. The molecule has 0 bridgehead atoms. The number of hydrogen-bond acceptors (Lipinski definition) is 3. The highest BCUT2D eigenvalue weighted by atomic mass is 32.2. The zero-order valence-electron chi connectivity index (χ0n) is 8.44. The minimum absolute atomic E-state index is 0.0574. The maximum atomic E-state index is 11.1. The Morgan fingerprint density at radius 3 is 2.13 bits per heavy atom. The SMILES string of the molecule is CNS(=O)(=O)Nc1ccc(C(C)=O)cc1. The molecule has 82 valence electrons. The molecule has 15 heavy (non-hydrogen) atoms. The van der Waals surface area contributed by atoms with E-state index in [2.05, 4.69) is 9.44 Å². The van der Waals surface area contributed by atoms with Crippen molar-refractivity contribution in [2.75, 3.05) is 11.8 Å². The van der Waals surface area contributed by atoms with Crippen molar-refractivity contribution >= 4 is 21.7 Å². The summed E-state index contributed by atoms with van der Waals surface area (Å²) < 4.78 is 26.6. The van der Waals surface area contributed by atoms with Crippen LogP contribution in [-0.4, -0.2) is 21.2 Å². The van der Waals surface area contributed by atoms with Crippen LogP contribution in [0, 0.1) is 0 Å². The largest absolute Gasteiger partial charge is 0.298 e. The number of carbonyl (C=O) groups excluding carboxylic acids is 1. The van der Waals surface area contributed by atoms with Gasteiger partial charge in [-0.2, -0.15) is 8.42 Å². The lowest BCUT2D eigenvalue weighted by molar-refractivity contribution is 0.101. The highest BCUT2D eigenvalue weighted by molar-refractivity contribution is 7.90. The molecule has 0 saturated carbocycles. The van der Waals surface area contributed by atoms with Crippen LogP contribution in [0.3, 0.4) is 0 Å². The third kappa shape index (κ3) is 3.34. The monoisotopic (exact) mass is 228 g/mol. The Labute approximate surface area is 88.7 Å². The lowest BCUT2D eigenvalue weighted by Gasteiger charge is -2.06. The first kappa shape index (κ1) is 11.7. The fraction of sp³-hybridized carbons (Fsp3) is 0.222. The summed E-state index contributed by atoms with van der Waals surface area (Å²) in [5, 5.41) is 0. The second-order valence-corrected chi connectivity index (χ2v) is 4.56. The minimum atomic E-state index is -3.49. The Hall–Kier alpha value is -1.40. The number of Topliss-reactive ketones (excluding diaryl/α,β-unsaturated/α-hetero) is 1. The fourth-order valence-corrected chi connectivity index (χ4v) is 1.53. The summed E-state index contributed by atoms with van der Waals surface area (Å²) in [5.74, 6) is -0.0574. The van der Waals surface area contributed by atoms with Crippen molar-refractivity contribution in [3.63, 3.8) is 0 Å². The summed E-state index contributed by atoms with van der Waals surface area (Å²) in [6.45, 7) is 1.45. The van der Waals surface area contributed by atoms with Gasteiger partial charge in [0.1, 0.15) is 0 Å². The first-order chi connectivity index (χ1) is 6.94.